The summed E-state index contributed by atoms with van der Waals surface area (Å²) >= 11 is 6.54. The van der Waals surface area contributed by atoms with Crippen LogP contribution in [0.4, 0.5) is 8.78 Å². The maximum absolute atomic E-state index is 14.2. The zero-order valence-corrected chi connectivity index (χ0v) is 14.3. The molecule has 0 amide bonds. The van der Waals surface area contributed by atoms with Crippen LogP contribution in [0.2, 0.25) is 0 Å². The molecule has 0 spiro atoms. The predicted octanol–water partition coefficient (Wildman–Crippen LogP) is 4.57. The van der Waals surface area contributed by atoms with Gasteiger partial charge in [0, 0.05) is 28.5 Å². The third kappa shape index (κ3) is 2.79. The van der Waals surface area contributed by atoms with E-state index in [2.05, 4.69) is 37.2 Å². The van der Waals surface area contributed by atoms with Gasteiger partial charge < -0.3 is 5.32 Å². The van der Waals surface area contributed by atoms with Crippen molar-refractivity contribution in [2.45, 2.75) is 11.8 Å². The van der Waals surface area contributed by atoms with Gasteiger partial charge in [-0.2, -0.15) is 0 Å². The first-order valence-electron chi connectivity index (χ1n) is 6.61. The molecular weight excluding hydrogens is 404 g/mol. The molecular formula is C16H13Br2F2N. The molecule has 1 N–H and O–H groups in total. The van der Waals surface area contributed by atoms with E-state index in [-0.39, 0.29) is 11.0 Å². The topological polar surface area (TPSA) is 12.0 Å². The van der Waals surface area contributed by atoms with Crippen molar-refractivity contribution in [1.29, 1.82) is 0 Å². The van der Waals surface area contributed by atoms with Crippen molar-refractivity contribution >= 4 is 31.9 Å². The van der Waals surface area contributed by atoms with E-state index in [1.54, 1.807) is 0 Å². The number of hydrogen-bond acceptors (Lipinski definition) is 1. The van der Waals surface area contributed by atoms with E-state index in [1.807, 2.05) is 24.3 Å². The van der Waals surface area contributed by atoms with Gasteiger partial charge in [-0.25, -0.2) is 8.78 Å². The van der Waals surface area contributed by atoms with Crippen LogP contribution in [0.15, 0.2) is 45.3 Å². The molecule has 0 aliphatic carbocycles. The monoisotopic (exact) mass is 415 g/mol. The summed E-state index contributed by atoms with van der Waals surface area (Å²) in [5.74, 6) is -0.988. The highest BCUT2D eigenvalue weighted by molar-refractivity contribution is 9.10. The second-order valence-corrected chi connectivity index (χ2v) is 7.16. The van der Waals surface area contributed by atoms with Gasteiger partial charge in [0.2, 0.25) is 0 Å². The van der Waals surface area contributed by atoms with Crippen molar-refractivity contribution < 1.29 is 8.78 Å². The molecule has 3 rings (SSSR count). The van der Waals surface area contributed by atoms with Gasteiger partial charge in [0.1, 0.15) is 11.6 Å². The fraction of sp³-hybridized carbons (Fsp3) is 0.250. The van der Waals surface area contributed by atoms with Crippen LogP contribution < -0.4 is 5.32 Å². The minimum absolute atomic E-state index is 0.147. The zero-order valence-electron chi connectivity index (χ0n) is 11.1. The lowest BCUT2D eigenvalue weighted by atomic mass is 9.71. The van der Waals surface area contributed by atoms with Gasteiger partial charge in [-0.3, -0.25) is 0 Å². The Morgan fingerprint density at radius 2 is 1.67 bits per heavy atom. The van der Waals surface area contributed by atoms with Gasteiger partial charge in [0.25, 0.3) is 0 Å². The van der Waals surface area contributed by atoms with Crippen molar-refractivity contribution in [1.82, 2.24) is 5.32 Å². The van der Waals surface area contributed by atoms with E-state index < -0.39 is 11.6 Å². The molecule has 1 aliphatic heterocycles. The van der Waals surface area contributed by atoms with E-state index in [0.29, 0.717) is 10.9 Å². The van der Waals surface area contributed by atoms with Crippen LogP contribution in [0.3, 0.4) is 0 Å². The van der Waals surface area contributed by atoms with Gasteiger partial charge in [-0.05, 0) is 52.2 Å². The molecule has 1 nitrogen and oxygen atoms in total. The smallest absolute Gasteiger partial charge is 0.143 e. The molecule has 21 heavy (non-hydrogen) atoms. The second kappa shape index (κ2) is 5.78. The summed E-state index contributed by atoms with van der Waals surface area (Å²) in [5, 5.41) is 3.22. The zero-order chi connectivity index (χ0) is 15.0. The third-order valence-corrected chi connectivity index (χ3v) is 5.18. The van der Waals surface area contributed by atoms with Gasteiger partial charge >= 0.3 is 0 Å². The molecule has 0 saturated carbocycles. The Morgan fingerprint density at radius 3 is 2.24 bits per heavy atom. The molecule has 1 heterocycles. The number of benzene rings is 2. The fourth-order valence-corrected chi connectivity index (χ4v) is 3.37. The normalized spacial score (nSPS) is 16.6. The third-order valence-electron chi connectivity index (χ3n) is 4.04. The molecule has 0 radical (unpaired) electrons. The van der Waals surface area contributed by atoms with Gasteiger partial charge in [-0.15, -0.1) is 0 Å². The van der Waals surface area contributed by atoms with Crippen molar-refractivity contribution in [2.24, 2.45) is 0 Å². The summed E-state index contributed by atoms with van der Waals surface area (Å²) in [4.78, 5) is 0. The van der Waals surface area contributed by atoms with Gasteiger partial charge in [0.05, 0.1) is 4.47 Å². The van der Waals surface area contributed by atoms with Crippen LogP contribution in [0.1, 0.15) is 11.1 Å². The summed E-state index contributed by atoms with van der Waals surface area (Å²) in [6.07, 6.45) is 0.346. The quantitative estimate of drug-likeness (QED) is 0.722. The SMILES string of the molecule is Fc1ccc(Br)c(F)c1CC1(c2ccc(Br)cc2)CNC1. The number of rotatable bonds is 3. The van der Waals surface area contributed by atoms with Gasteiger partial charge in [-0.1, -0.05) is 28.1 Å². The number of hydrogen-bond donors (Lipinski definition) is 1. The van der Waals surface area contributed by atoms with E-state index in [9.17, 15) is 8.78 Å². The second-order valence-electron chi connectivity index (χ2n) is 5.39. The molecule has 1 fully saturated rings. The van der Waals surface area contributed by atoms with Crippen LogP contribution in [-0.2, 0) is 11.8 Å². The first kappa shape index (κ1) is 15.1. The summed E-state index contributed by atoms with van der Waals surface area (Å²) in [7, 11) is 0. The molecule has 0 unspecified atom stereocenters. The molecule has 0 atom stereocenters. The average molecular weight is 417 g/mol. The summed E-state index contributed by atoms with van der Waals surface area (Å²) in [5.41, 5.74) is 1.00. The molecule has 0 bridgehead atoms. The average Bonchev–Trinajstić information content (AvgIpc) is 2.43. The van der Waals surface area contributed by atoms with Crippen LogP contribution in [0.25, 0.3) is 0 Å². The lowest BCUT2D eigenvalue weighted by Gasteiger charge is -2.43. The number of halogens is 4. The standard InChI is InChI=1S/C16H13Br2F2N/c17-11-3-1-10(2-4-11)16(8-21-9-16)7-12-14(19)6-5-13(18)15(12)20/h1-6,21H,7-9H2. The largest absolute Gasteiger partial charge is 0.315 e. The number of nitrogens with one attached hydrogen (secondary N) is 1. The molecule has 1 saturated heterocycles. The molecule has 2 aromatic rings. The highest BCUT2D eigenvalue weighted by atomic mass is 79.9. The highest BCUT2D eigenvalue weighted by Crippen LogP contribution is 2.35. The predicted molar refractivity (Wildman–Crippen MR) is 86.5 cm³/mol. The molecule has 1 aliphatic rings. The van der Waals surface area contributed by atoms with Crippen molar-refractivity contribution in [3.05, 3.63) is 68.1 Å². The highest BCUT2D eigenvalue weighted by Gasteiger charge is 2.40. The van der Waals surface area contributed by atoms with E-state index in [4.69, 9.17) is 0 Å². The Bertz CT molecular complexity index is 667. The Kier molecular flexibility index (Phi) is 4.17. The summed E-state index contributed by atoms with van der Waals surface area (Å²) in [6.45, 7) is 1.44. The van der Waals surface area contributed by atoms with E-state index >= 15 is 0 Å². The minimum Gasteiger partial charge on any atom is -0.315 e. The Hall–Kier alpha value is -0.780. The van der Waals surface area contributed by atoms with E-state index in [1.165, 1.54) is 12.1 Å². The van der Waals surface area contributed by atoms with Crippen LogP contribution in [0.5, 0.6) is 0 Å². The maximum atomic E-state index is 14.2. The van der Waals surface area contributed by atoms with Crippen molar-refractivity contribution in [3.8, 4) is 0 Å². The lowest BCUT2D eigenvalue weighted by molar-refractivity contribution is 0.268. The molecule has 110 valence electrons. The minimum atomic E-state index is -0.501. The van der Waals surface area contributed by atoms with Crippen molar-refractivity contribution in [2.75, 3.05) is 13.1 Å². The summed E-state index contributed by atoms with van der Waals surface area (Å²) in [6, 6.07) is 10.7. The summed E-state index contributed by atoms with van der Waals surface area (Å²) < 4.78 is 29.5. The fourth-order valence-electron chi connectivity index (χ4n) is 2.73. The van der Waals surface area contributed by atoms with Crippen LogP contribution in [-0.4, -0.2) is 13.1 Å². The lowest BCUT2D eigenvalue weighted by Crippen LogP contribution is -2.58. The Balaban J connectivity index is 1.99. The van der Waals surface area contributed by atoms with Crippen molar-refractivity contribution in [3.63, 3.8) is 0 Å². The first-order valence-corrected chi connectivity index (χ1v) is 8.20. The van der Waals surface area contributed by atoms with E-state index in [0.717, 1.165) is 23.1 Å². The van der Waals surface area contributed by atoms with Crippen LogP contribution in [0, 0.1) is 11.6 Å². The van der Waals surface area contributed by atoms with Gasteiger partial charge in [0.15, 0.2) is 0 Å². The Morgan fingerprint density at radius 1 is 1.00 bits per heavy atom. The molecule has 0 aromatic heterocycles. The molecule has 2 aromatic carbocycles. The first-order chi connectivity index (χ1) is 10.0. The molecule has 5 heteroatoms. The maximum Gasteiger partial charge on any atom is 0.143 e. The van der Waals surface area contributed by atoms with Crippen LogP contribution >= 0.6 is 31.9 Å². The Labute approximate surface area is 139 Å².